The highest BCUT2D eigenvalue weighted by atomic mass is 32.3. The van der Waals surface area contributed by atoms with E-state index in [4.69, 9.17) is 4.55 Å². The third-order valence-electron chi connectivity index (χ3n) is 2.98. The lowest BCUT2D eigenvalue weighted by Gasteiger charge is -2.28. The number of sulfonamides is 2. The Morgan fingerprint density at radius 2 is 1.06 bits per heavy atom. The summed E-state index contributed by atoms with van der Waals surface area (Å²) < 4.78 is 209. The highest BCUT2D eigenvalue weighted by Gasteiger charge is 2.76. The van der Waals surface area contributed by atoms with Crippen LogP contribution in [0.2, 0.25) is 0 Å². The number of hydrogen-bond donors (Lipinski definition) is 2. The van der Waals surface area contributed by atoms with Crippen LogP contribution in [0, 0.1) is 11.6 Å². The van der Waals surface area contributed by atoms with Gasteiger partial charge in [0.2, 0.25) is 0 Å². The fourth-order valence-electron chi connectivity index (χ4n) is 1.51. The lowest BCUT2D eigenvalue weighted by atomic mass is 10.3. The second-order valence-electron chi connectivity index (χ2n) is 5.34. The van der Waals surface area contributed by atoms with E-state index in [-0.39, 0.29) is 18.2 Å². The van der Waals surface area contributed by atoms with E-state index in [1.54, 1.807) is 0 Å². The molecule has 0 unspecified atom stereocenters. The minimum absolute atomic E-state index is 0.00544. The minimum atomic E-state index is -7.84. The van der Waals surface area contributed by atoms with Crippen LogP contribution in [-0.4, -0.2) is 51.7 Å². The van der Waals surface area contributed by atoms with Crippen LogP contribution in [0.5, 0.6) is 5.75 Å². The third kappa shape index (κ3) is 4.72. The normalized spacial score (nSPS) is 15.0. The Kier molecular flexibility index (Phi) is 6.89. The van der Waals surface area contributed by atoms with Gasteiger partial charge in [-0.15, -0.1) is 0 Å². The summed E-state index contributed by atoms with van der Waals surface area (Å²) in [6.07, 6.45) is -6.50. The van der Waals surface area contributed by atoms with Gasteiger partial charge >= 0.3 is 42.0 Å². The van der Waals surface area contributed by atoms with E-state index >= 15 is 0 Å². The average Bonchev–Trinajstić information content (AvgIpc) is 2.50. The minimum Gasteiger partial charge on any atom is -0.427 e. The Morgan fingerprint density at radius 1 is 0.688 bits per heavy atom. The van der Waals surface area contributed by atoms with Crippen molar-refractivity contribution < 1.29 is 78.4 Å². The molecular weight excluding hydrogens is 548 g/mol. The Balaban J connectivity index is 3.44. The zero-order valence-corrected chi connectivity index (χ0v) is 16.5. The molecule has 0 saturated carbocycles. The fraction of sp³-hybridized carbons (Fsp3) is 0.400. The van der Waals surface area contributed by atoms with E-state index in [0.717, 1.165) is 0 Å². The van der Waals surface area contributed by atoms with Crippen LogP contribution in [0.4, 0.5) is 43.9 Å². The lowest BCUT2D eigenvalue weighted by molar-refractivity contribution is -0.273. The molecule has 0 aliphatic carbocycles. The maximum Gasteiger partial charge on any atom is 0.482 e. The molecule has 186 valence electrons. The lowest BCUT2D eigenvalue weighted by Crippen LogP contribution is -2.61. The molecule has 0 fully saturated rings. The average molecular weight is 553 g/mol. The molecule has 0 radical (unpaired) electrons. The molecule has 0 aliphatic heterocycles. The second-order valence-corrected chi connectivity index (χ2v) is 10.5. The first kappa shape index (κ1) is 28.1. The maximum absolute atomic E-state index is 13.7. The van der Waals surface area contributed by atoms with Gasteiger partial charge < -0.3 is 4.74 Å². The zero-order valence-electron chi connectivity index (χ0n) is 14.0. The molecule has 0 heterocycles. The molecule has 0 spiro atoms. The molecule has 0 bridgehead atoms. The van der Waals surface area contributed by atoms with Gasteiger partial charge in [-0.1, -0.05) is 4.13 Å². The number of ether oxygens (including phenoxy) is 1. The molecule has 9 nitrogen and oxygen atoms in total. The first-order valence-corrected chi connectivity index (χ1v) is 11.1. The molecule has 1 rings (SSSR count). The standard InChI is InChI=1S/C10H5F10NO8S3/c11-4-1-5(12)3-6(2-4)29-7(13,14)8(15,16)30(22,23)21-31(24,25)9(17,18)10(19,20)32(26,27)28/h1-3,21H,(H,26,27,28). The molecule has 0 atom stereocenters. The summed E-state index contributed by atoms with van der Waals surface area (Å²) >= 11 is 0. The van der Waals surface area contributed by atoms with Crippen molar-refractivity contribution in [3.8, 4) is 5.75 Å². The smallest absolute Gasteiger partial charge is 0.427 e. The molecule has 2 N–H and O–H groups in total. The van der Waals surface area contributed by atoms with E-state index in [0.29, 0.717) is 0 Å². The molecular formula is C10H5F10NO8S3. The molecule has 0 saturated heterocycles. The Labute approximate surface area is 170 Å². The summed E-state index contributed by atoms with van der Waals surface area (Å²) in [5.74, 6) is -5.28. The van der Waals surface area contributed by atoms with Crippen LogP contribution in [-0.2, 0) is 30.2 Å². The van der Waals surface area contributed by atoms with Crippen molar-refractivity contribution in [1.29, 1.82) is 0 Å². The van der Waals surface area contributed by atoms with Crippen LogP contribution < -0.4 is 8.86 Å². The van der Waals surface area contributed by atoms with Gasteiger partial charge in [-0.25, -0.2) is 25.6 Å². The van der Waals surface area contributed by atoms with Gasteiger partial charge in [0.1, 0.15) is 17.4 Å². The van der Waals surface area contributed by atoms with Crippen molar-refractivity contribution in [2.45, 2.75) is 21.9 Å². The first-order chi connectivity index (χ1) is 13.8. The summed E-state index contributed by atoms with van der Waals surface area (Å²) in [4.78, 5) is 0. The molecule has 0 aliphatic rings. The molecule has 1 aromatic rings. The molecule has 0 amide bonds. The summed E-state index contributed by atoms with van der Waals surface area (Å²) in [5.41, 5.74) is 0. The first-order valence-electron chi connectivity index (χ1n) is 6.73. The maximum atomic E-state index is 13.7. The van der Waals surface area contributed by atoms with E-state index in [2.05, 4.69) is 4.74 Å². The summed E-state index contributed by atoms with van der Waals surface area (Å²) in [6, 6.07) is -0.402. The number of rotatable bonds is 9. The molecule has 1 aromatic carbocycles. The molecule has 32 heavy (non-hydrogen) atoms. The van der Waals surface area contributed by atoms with Crippen LogP contribution in [0.3, 0.4) is 0 Å². The van der Waals surface area contributed by atoms with Crippen molar-refractivity contribution in [2.75, 3.05) is 0 Å². The van der Waals surface area contributed by atoms with Crippen LogP contribution in [0.1, 0.15) is 0 Å². The Hall–Kier alpha value is -1.91. The predicted molar refractivity (Wildman–Crippen MR) is 79.3 cm³/mol. The molecule has 22 heteroatoms. The van der Waals surface area contributed by atoms with Gasteiger partial charge in [-0.2, -0.15) is 43.5 Å². The topological polar surface area (TPSA) is 144 Å². The predicted octanol–water partition coefficient (Wildman–Crippen LogP) is 1.85. The second kappa shape index (κ2) is 7.85. The Morgan fingerprint density at radius 3 is 1.44 bits per heavy atom. The summed E-state index contributed by atoms with van der Waals surface area (Å²) in [6.45, 7) is 0. The highest BCUT2D eigenvalue weighted by Crippen LogP contribution is 2.44. The van der Waals surface area contributed by atoms with Crippen LogP contribution in [0.25, 0.3) is 0 Å². The number of benzene rings is 1. The summed E-state index contributed by atoms with van der Waals surface area (Å²) in [7, 11) is -22.9. The van der Waals surface area contributed by atoms with Gasteiger partial charge in [0.25, 0.3) is 10.0 Å². The van der Waals surface area contributed by atoms with Crippen molar-refractivity contribution in [3.05, 3.63) is 29.8 Å². The van der Waals surface area contributed by atoms with Crippen LogP contribution >= 0.6 is 0 Å². The van der Waals surface area contributed by atoms with Crippen LogP contribution in [0.15, 0.2) is 18.2 Å². The fourth-order valence-corrected chi connectivity index (χ4v) is 5.11. The van der Waals surface area contributed by atoms with Gasteiger partial charge in [0, 0.05) is 18.2 Å². The van der Waals surface area contributed by atoms with Crippen molar-refractivity contribution in [3.63, 3.8) is 0 Å². The van der Waals surface area contributed by atoms with Gasteiger partial charge in [0.15, 0.2) is 0 Å². The highest BCUT2D eigenvalue weighted by molar-refractivity contribution is 8.06. The van der Waals surface area contributed by atoms with E-state index in [9.17, 15) is 69.2 Å². The van der Waals surface area contributed by atoms with E-state index < -0.39 is 73.5 Å². The summed E-state index contributed by atoms with van der Waals surface area (Å²) in [5, 5.41) is -21.2. The quantitative estimate of drug-likeness (QED) is 0.349. The monoisotopic (exact) mass is 553 g/mol. The Bertz CT molecular complexity index is 1190. The van der Waals surface area contributed by atoms with Crippen molar-refractivity contribution in [1.82, 2.24) is 4.13 Å². The van der Waals surface area contributed by atoms with Gasteiger partial charge in [0.05, 0.1) is 0 Å². The van der Waals surface area contributed by atoms with Gasteiger partial charge in [-0.3, -0.25) is 4.55 Å². The SMILES string of the molecule is O=S(=O)(O)C(F)(F)C(F)(F)S(=O)(=O)NS(=O)(=O)C(F)(F)C(F)(F)Oc1cc(F)cc(F)c1. The van der Waals surface area contributed by atoms with E-state index in [1.165, 1.54) is 0 Å². The third-order valence-corrected chi connectivity index (χ3v) is 7.61. The van der Waals surface area contributed by atoms with Crippen molar-refractivity contribution >= 4 is 30.2 Å². The van der Waals surface area contributed by atoms with Crippen molar-refractivity contribution in [2.24, 2.45) is 0 Å². The number of halogens is 10. The van der Waals surface area contributed by atoms with Gasteiger partial charge in [-0.05, 0) is 0 Å². The molecule has 0 aromatic heterocycles. The van der Waals surface area contributed by atoms with E-state index in [1.807, 2.05) is 0 Å². The number of hydrogen-bond acceptors (Lipinski definition) is 7. The number of nitrogens with one attached hydrogen (secondary N) is 1. The zero-order chi connectivity index (χ0) is 25.8. The largest absolute Gasteiger partial charge is 0.482 e. The number of alkyl halides is 8.